The Morgan fingerprint density at radius 1 is 1.17 bits per heavy atom. The molecule has 0 aromatic rings. The van der Waals surface area contributed by atoms with E-state index in [1.54, 1.807) is 7.11 Å². The van der Waals surface area contributed by atoms with Gasteiger partial charge in [0.2, 0.25) is 0 Å². The van der Waals surface area contributed by atoms with Crippen molar-refractivity contribution in [2.45, 2.75) is 27.7 Å². The fourth-order valence-corrected chi connectivity index (χ4v) is 0.611. The van der Waals surface area contributed by atoms with E-state index in [2.05, 4.69) is 13.2 Å². The maximum atomic E-state index is 4.91. The van der Waals surface area contributed by atoms with Gasteiger partial charge >= 0.3 is 0 Å². The van der Waals surface area contributed by atoms with Crippen LogP contribution in [-0.4, -0.2) is 7.11 Å². The first-order chi connectivity index (χ1) is 5.57. The highest BCUT2D eigenvalue weighted by atomic mass is 16.5. The monoisotopic (exact) mass is 168 g/mol. The van der Waals surface area contributed by atoms with Crippen molar-refractivity contribution in [3.05, 3.63) is 36.1 Å². The second kappa shape index (κ2) is 8.12. The number of methoxy groups -OCH3 is 1. The molecule has 70 valence electrons. The lowest BCUT2D eigenvalue weighted by atomic mass is 10.2. The summed E-state index contributed by atoms with van der Waals surface area (Å²) in [4.78, 5) is 0. The predicted molar refractivity (Wildman–Crippen MR) is 56.1 cm³/mol. The van der Waals surface area contributed by atoms with Crippen molar-refractivity contribution < 1.29 is 4.74 Å². The van der Waals surface area contributed by atoms with Crippen LogP contribution in [0.2, 0.25) is 0 Å². The molecule has 0 radical (unpaired) electrons. The fourth-order valence-electron chi connectivity index (χ4n) is 0.611. The van der Waals surface area contributed by atoms with Crippen LogP contribution in [0.1, 0.15) is 27.7 Å². The quantitative estimate of drug-likeness (QED) is 0.461. The Labute approximate surface area is 76.4 Å². The molecule has 0 spiro atoms. The second-order valence-corrected chi connectivity index (χ2v) is 2.30. The summed E-state index contributed by atoms with van der Waals surface area (Å²) in [6.07, 6.45) is 1.94. The lowest BCUT2D eigenvalue weighted by Gasteiger charge is -2.02. The van der Waals surface area contributed by atoms with Crippen LogP contribution in [0.25, 0.3) is 0 Å². The molecule has 0 amide bonds. The zero-order valence-corrected chi connectivity index (χ0v) is 8.90. The summed E-state index contributed by atoms with van der Waals surface area (Å²) < 4.78 is 4.91. The van der Waals surface area contributed by atoms with E-state index in [9.17, 15) is 0 Å². The number of allylic oxidation sites excluding steroid dienone is 3. The van der Waals surface area contributed by atoms with Gasteiger partial charge in [-0.15, -0.1) is 0 Å². The SMILES string of the molecule is C=C(C)/C=C(/C)C(=C)OC.CC. The van der Waals surface area contributed by atoms with Crippen molar-refractivity contribution in [3.63, 3.8) is 0 Å². The van der Waals surface area contributed by atoms with Crippen LogP contribution in [0.15, 0.2) is 36.1 Å². The summed E-state index contributed by atoms with van der Waals surface area (Å²) in [5, 5.41) is 0. The van der Waals surface area contributed by atoms with Gasteiger partial charge in [-0.2, -0.15) is 0 Å². The first-order valence-electron chi connectivity index (χ1n) is 4.15. The van der Waals surface area contributed by atoms with Gasteiger partial charge < -0.3 is 4.74 Å². The first-order valence-corrected chi connectivity index (χ1v) is 4.15. The van der Waals surface area contributed by atoms with Gasteiger partial charge in [0.15, 0.2) is 0 Å². The topological polar surface area (TPSA) is 9.23 Å². The average Bonchev–Trinajstić information content (AvgIpc) is 2.05. The van der Waals surface area contributed by atoms with Crippen LogP contribution in [0.3, 0.4) is 0 Å². The molecular formula is C11H20O. The molecule has 12 heavy (non-hydrogen) atoms. The van der Waals surface area contributed by atoms with Gasteiger partial charge in [-0.3, -0.25) is 0 Å². The highest BCUT2D eigenvalue weighted by Gasteiger charge is 1.92. The Balaban J connectivity index is 0. The van der Waals surface area contributed by atoms with Gasteiger partial charge in [0.1, 0.15) is 5.76 Å². The maximum Gasteiger partial charge on any atom is 0.114 e. The smallest absolute Gasteiger partial charge is 0.114 e. The minimum Gasteiger partial charge on any atom is -0.497 e. The molecule has 0 saturated heterocycles. The van der Waals surface area contributed by atoms with Crippen LogP contribution in [0, 0.1) is 0 Å². The summed E-state index contributed by atoms with van der Waals surface area (Å²) >= 11 is 0. The van der Waals surface area contributed by atoms with Crippen LogP contribution in [0.4, 0.5) is 0 Å². The van der Waals surface area contributed by atoms with Crippen molar-refractivity contribution in [3.8, 4) is 0 Å². The summed E-state index contributed by atoms with van der Waals surface area (Å²) in [7, 11) is 1.61. The molecule has 0 N–H and O–H groups in total. The molecule has 0 saturated carbocycles. The molecule has 0 atom stereocenters. The third-order valence-corrected chi connectivity index (χ3v) is 1.15. The largest absolute Gasteiger partial charge is 0.497 e. The number of hydrogen-bond donors (Lipinski definition) is 0. The van der Waals surface area contributed by atoms with E-state index in [4.69, 9.17) is 4.74 Å². The first kappa shape index (κ1) is 13.6. The third kappa shape index (κ3) is 7.13. The Hall–Kier alpha value is -0.980. The molecule has 0 rings (SSSR count). The molecule has 1 heteroatoms. The van der Waals surface area contributed by atoms with Crippen molar-refractivity contribution >= 4 is 0 Å². The maximum absolute atomic E-state index is 4.91. The molecule has 0 aliphatic carbocycles. The van der Waals surface area contributed by atoms with Gasteiger partial charge in [-0.1, -0.05) is 38.7 Å². The van der Waals surface area contributed by atoms with E-state index in [0.29, 0.717) is 5.76 Å². The van der Waals surface area contributed by atoms with Crippen molar-refractivity contribution in [2.24, 2.45) is 0 Å². The molecule has 0 aromatic carbocycles. The van der Waals surface area contributed by atoms with Crippen molar-refractivity contribution in [1.29, 1.82) is 0 Å². The summed E-state index contributed by atoms with van der Waals surface area (Å²) in [5.41, 5.74) is 2.03. The molecule has 0 bridgehead atoms. The molecule has 0 fully saturated rings. The molecular weight excluding hydrogens is 148 g/mol. The van der Waals surface area contributed by atoms with Crippen LogP contribution >= 0.6 is 0 Å². The van der Waals surface area contributed by atoms with Gasteiger partial charge in [-0.25, -0.2) is 0 Å². The lowest BCUT2D eigenvalue weighted by molar-refractivity contribution is 0.303. The predicted octanol–water partition coefficient (Wildman–Crippen LogP) is 3.70. The lowest BCUT2D eigenvalue weighted by Crippen LogP contribution is -1.85. The Morgan fingerprint density at radius 2 is 1.58 bits per heavy atom. The Morgan fingerprint density at radius 3 is 1.83 bits per heavy atom. The Bertz CT molecular complexity index is 175. The highest BCUT2D eigenvalue weighted by molar-refractivity contribution is 5.28. The minimum atomic E-state index is 0.697. The summed E-state index contributed by atoms with van der Waals surface area (Å²) in [6.45, 7) is 15.3. The number of hydrogen-bond acceptors (Lipinski definition) is 1. The minimum absolute atomic E-state index is 0.697. The zero-order valence-electron chi connectivity index (χ0n) is 8.90. The van der Waals surface area contributed by atoms with Crippen molar-refractivity contribution in [1.82, 2.24) is 0 Å². The fraction of sp³-hybridized carbons (Fsp3) is 0.455. The van der Waals surface area contributed by atoms with Gasteiger partial charge in [0.25, 0.3) is 0 Å². The van der Waals surface area contributed by atoms with Gasteiger partial charge in [-0.05, 0) is 19.4 Å². The molecule has 0 aliphatic rings. The van der Waals surface area contributed by atoms with E-state index in [1.165, 1.54) is 0 Å². The zero-order chi connectivity index (χ0) is 10.1. The van der Waals surface area contributed by atoms with E-state index in [1.807, 2.05) is 33.8 Å². The molecule has 0 aliphatic heterocycles. The van der Waals surface area contributed by atoms with Gasteiger partial charge in [0, 0.05) is 0 Å². The van der Waals surface area contributed by atoms with E-state index >= 15 is 0 Å². The summed E-state index contributed by atoms with van der Waals surface area (Å²) in [5.74, 6) is 0.697. The van der Waals surface area contributed by atoms with E-state index in [0.717, 1.165) is 11.1 Å². The van der Waals surface area contributed by atoms with Gasteiger partial charge in [0.05, 0.1) is 7.11 Å². The molecule has 0 unspecified atom stereocenters. The molecule has 0 aromatic heterocycles. The average molecular weight is 168 g/mol. The van der Waals surface area contributed by atoms with Crippen LogP contribution < -0.4 is 0 Å². The standard InChI is InChI=1S/C9H14O.C2H6/c1-7(2)6-8(3)9(4)10-5;1-2/h6H,1,4H2,2-3,5H3;1-2H3/b8-6-;. The van der Waals surface area contributed by atoms with Crippen molar-refractivity contribution in [2.75, 3.05) is 7.11 Å². The molecule has 1 nitrogen and oxygen atoms in total. The second-order valence-electron chi connectivity index (χ2n) is 2.30. The van der Waals surface area contributed by atoms with Crippen LogP contribution in [-0.2, 0) is 4.74 Å². The Kier molecular flexibility index (Phi) is 9.20. The normalized spacial score (nSPS) is 9.58. The van der Waals surface area contributed by atoms with E-state index in [-0.39, 0.29) is 0 Å². The highest BCUT2D eigenvalue weighted by Crippen LogP contribution is 2.08. The van der Waals surface area contributed by atoms with Crippen LogP contribution in [0.5, 0.6) is 0 Å². The number of rotatable bonds is 3. The molecule has 0 heterocycles. The summed E-state index contributed by atoms with van der Waals surface area (Å²) in [6, 6.07) is 0. The number of ether oxygens (including phenoxy) is 1. The van der Waals surface area contributed by atoms with E-state index < -0.39 is 0 Å². The third-order valence-electron chi connectivity index (χ3n) is 1.15.